The number of likely N-dealkylation sites (tertiary alicyclic amines) is 1. The number of hydrogen-bond acceptors (Lipinski definition) is 3. The van der Waals surface area contributed by atoms with E-state index in [1.165, 1.54) is 39.0 Å². The van der Waals surface area contributed by atoms with Crippen LogP contribution in [0, 0.1) is 0 Å². The highest BCUT2D eigenvalue weighted by molar-refractivity contribution is 4.91. The van der Waals surface area contributed by atoms with Crippen molar-refractivity contribution in [2.75, 3.05) is 39.8 Å². The van der Waals surface area contributed by atoms with Gasteiger partial charge >= 0.3 is 0 Å². The summed E-state index contributed by atoms with van der Waals surface area (Å²) in [6.07, 6.45) is 2.76. The first-order chi connectivity index (χ1) is 7.07. The van der Waals surface area contributed by atoms with Crippen LogP contribution in [0.25, 0.3) is 0 Å². The first kappa shape index (κ1) is 11.4. The fourth-order valence-corrected chi connectivity index (χ4v) is 2.93. The Hall–Kier alpha value is -0.120. The number of nitrogens with one attached hydrogen (secondary N) is 1. The van der Waals surface area contributed by atoms with E-state index < -0.39 is 0 Å². The minimum Gasteiger partial charge on any atom is -0.309 e. The minimum atomic E-state index is 0.300. The SMILES string of the molecule is CN1CCCC(N2CCNC(C)(C)C2)C1. The molecule has 2 saturated heterocycles. The van der Waals surface area contributed by atoms with Gasteiger partial charge in [0, 0.05) is 37.8 Å². The van der Waals surface area contributed by atoms with E-state index in [-0.39, 0.29) is 0 Å². The molecule has 0 aliphatic carbocycles. The molecule has 0 aromatic heterocycles. The van der Waals surface area contributed by atoms with Gasteiger partial charge in [0.2, 0.25) is 0 Å². The predicted octanol–water partition coefficient (Wildman–Crippen LogP) is 0.764. The molecule has 1 atom stereocenters. The number of likely N-dealkylation sites (N-methyl/N-ethyl adjacent to an activating group) is 1. The van der Waals surface area contributed by atoms with Gasteiger partial charge in [-0.05, 0) is 40.3 Å². The lowest BCUT2D eigenvalue weighted by atomic mass is 9.97. The third-order valence-electron chi connectivity index (χ3n) is 3.72. The molecular formula is C12H25N3. The van der Waals surface area contributed by atoms with E-state index in [2.05, 4.69) is 36.0 Å². The van der Waals surface area contributed by atoms with Gasteiger partial charge in [-0.25, -0.2) is 0 Å². The molecule has 88 valence electrons. The lowest BCUT2D eigenvalue weighted by molar-refractivity contribution is 0.0648. The second-order valence-corrected chi connectivity index (χ2v) is 5.84. The summed E-state index contributed by atoms with van der Waals surface area (Å²) in [4.78, 5) is 5.16. The molecule has 0 bridgehead atoms. The molecule has 0 aromatic carbocycles. The van der Waals surface area contributed by atoms with Crippen LogP contribution in [-0.2, 0) is 0 Å². The van der Waals surface area contributed by atoms with Gasteiger partial charge in [-0.1, -0.05) is 0 Å². The molecule has 2 heterocycles. The average Bonchev–Trinajstić information content (AvgIpc) is 2.16. The van der Waals surface area contributed by atoms with Crippen LogP contribution in [-0.4, -0.2) is 61.2 Å². The Morgan fingerprint density at radius 3 is 2.73 bits per heavy atom. The van der Waals surface area contributed by atoms with E-state index in [0.29, 0.717) is 5.54 Å². The lowest BCUT2D eigenvalue weighted by Gasteiger charge is -2.45. The van der Waals surface area contributed by atoms with Crippen molar-refractivity contribution < 1.29 is 0 Å². The van der Waals surface area contributed by atoms with Crippen molar-refractivity contribution in [2.24, 2.45) is 0 Å². The Labute approximate surface area is 93.8 Å². The van der Waals surface area contributed by atoms with Crippen molar-refractivity contribution in [3.8, 4) is 0 Å². The Kier molecular flexibility index (Phi) is 3.33. The summed E-state index contributed by atoms with van der Waals surface area (Å²) in [5, 5.41) is 3.58. The molecule has 2 fully saturated rings. The van der Waals surface area contributed by atoms with Crippen molar-refractivity contribution in [2.45, 2.75) is 38.3 Å². The zero-order valence-corrected chi connectivity index (χ0v) is 10.4. The van der Waals surface area contributed by atoms with Crippen molar-refractivity contribution >= 4 is 0 Å². The van der Waals surface area contributed by atoms with Crippen LogP contribution >= 0.6 is 0 Å². The van der Waals surface area contributed by atoms with Crippen LogP contribution in [0.2, 0.25) is 0 Å². The highest BCUT2D eigenvalue weighted by Gasteiger charge is 2.31. The van der Waals surface area contributed by atoms with E-state index in [9.17, 15) is 0 Å². The van der Waals surface area contributed by atoms with E-state index in [1.807, 2.05) is 0 Å². The van der Waals surface area contributed by atoms with Crippen molar-refractivity contribution in [3.63, 3.8) is 0 Å². The van der Waals surface area contributed by atoms with Crippen LogP contribution in [0.3, 0.4) is 0 Å². The topological polar surface area (TPSA) is 18.5 Å². The van der Waals surface area contributed by atoms with E-state index in [4.69, 9.17) is 0 Å². The van der Waals surface area contributed by atoms with Crippen molar-refractivity contribution in [1.82, 2.24) is 15.1 Å². The zero-order valence-electron chi connectivity index (χ0n) is 10.4. The Balaban J connectivity index is 1.92. The number of rotatable bonds is 1. The number of hydrogen-bond donors (Lipinski definition) is 1. The normalized spacial score (nSPS) is 34.2. The molecule has 1 unspecified atom stereocenters. The monoisotopic (exact) mass is 211 g/mol. The number of nitrogens with zero attached hydrogens (tertiary/aromatic N) is 2. The lowest BCUT2D eigenvalue weighted by Crippen LogP contribution is -2.61. The van der Waals surface area contributed by atoms with Gasteiger partial charge in [-0.15, -0.1) is 0 Å². The largest absolute Gasteiger partial charge is 0.309 e. The third kappa shape index (κ3) is 2.92. The van der Waals surface area contributed by atoms with E-state index in [0.717, 1.165) is 12.6 Å². The fourth-order valence-electron chi connectivity index (χ4n) is 2.93. The summed E-state index contributed by atoms with van der Waals surface area (Å²) in [7, 11) is 2.25. The summed E-state index contributed by atoms with van der Waals surface area (Å²) in [6.45, 7) is 10.7. The molecule has 1 N–H and O–H groups in total. The quantitative estimate of drug-likeness (QED) is 0.691. The van der Waals surface area contributed by atoms with Gasteiger partial charge in [0.15, 0.2) is 0 Å². The van der Waals surface area contributed by atoms with Gasteiger partial charge in [0.1, 0.15) is 0 Å². The maximum atomic E-state index is 3.58. The smallest absolute Gasteiger partial charge is 0.0252 e. The summed E-state index contributed by atoms with van der Waals surface area (Å²) in [6, 6.07) is 0.796. The van der Waals surface area contributed by atoms with Crippen LogP contribution in [0.15, 0.2) is 0 Å². The van der Waals surface area contributed by atoms with Crippen molar-refractivity contribution in [1.29, 1.82) is 0 Å². The molecular weight excluding hydrogens is 186 g/mol. The molecule has 2 rings (SSSR count). The molecule has 3 heteroatoms. The molecule has 0 spiro atoms. The molecule has 0 amide bonds. The minimum absolute atomic E-state index is 0.300. The number of piperidine rings is 1. The highest BCUT2D eigenvalue weighted by Crippen LogP contribution is 2.19. The molecule has 2 aliphatic rings. The summed E-state index contributed by atoms with van der Waals surface area (Å²) in [5.74, 6) is 0. The number of piperazine rings is 1. The molecule has 2 aliphatic heterocycles. The molecule has 3 nitrogen and oxygen atoms in total. The first-order valence-electron chi connectivity index (χ1n) is 6.24. The maximum Gasteiger partial charge on any atom is 0.0252 e. The van der Waals surface area contributed by atoms with Crippen LogP contribution in [0.1, 0.15) is 26.7 Å². The van der Waals surface area contributed by atoms with Crippen LogP contribution in [0.5, 0.6) is 0 Å². The standard InChI is InChI=1S/C12H25N3/c1-12(2)10-15(8-6-13-12)11-5-4-7-14(3)9-11/h11,13H,4-10H2,1-3H3. The van der Waals surface area contributed by atoms with Gasteiger partial charge in [-0.2, -0.15) is 0 Å². The second-order valence-electron chi connectivity index (χ2n) is 5.84. The second kappa shape index (κ2) is 4.40. The van der Waals surface area contributed by atoms with Crippen LogP contribution < -0.4 is 5.32 Å². The molecule has 0 radical (unpaired) electrons. The van der Waals surface area contributed by atoms with E-state index >= 15 is 0 Å². The van der Waals surface area contributed by atoms with Gasteiger partial charge < -0.3 is 10.2 Å². The van der Waals surface area contributed by atoms with Crippen molar-refractivity contribution in [3.05, 3.63) is 0 Å². The molecule has 15 heavy (non-hydrogen) atoms. The van der Waals surface area contributed by atoms with Gasteiger partial charge in [0.05, 0.1) is 0 Å². The first-order valence-corrected chi connectivity index (χ1v) is 6.24. The zero-order chi connectivity index (χ0) is 10.9. The van der Waals surface area contributed by atoms with E-state index in [1.54, 1.807) is 0 Å². The fraction of sp³-hybridized carbons (Fsp3) is 1.00. The summed E-state index contributed by atoms with van der Waals surface area (Å²) < 4.78 is 0. The average molecular weight is 211 g/mol. The Bertz CT molecular complexity index is 215. The van der Waals surface area contributed by atoms with Gasteiger partial charge in [-0.3, -0.25) is 4.90 Å². The third-order valence-corrected chi connectivity index (χ3v) is 3.72. The highest BCUT2D eigenvalue weighted by atomic mass is 15.3. The predicted molar refractivity (Wildman–Crippen MR) is 64.2 cm³/mol. The molecule has 0 aromatic rings. The maximum absolute atomic E-state index is 3.58. The van der Waals surface area contributed by atoms with Gasteiger partial charge in [0.25, 0.3) is 0 Å². The van der Waals surface area contributed by atoms with Crippen LogP contribution in [0.4, 0.5) is 0 Å². The molecule has 0 saturated carbocycles. The summed E-state index contributed by atoms with van der Waals surface area (Å²) >= 11 is 0. The Morgan fingerprint density at radius 1 is 1.27 bits per heavy atom. The Morgan fingerprint density at radius 2 is 2.07 bits per heavy atom. The summed E-state index contributed by atoms with van der Waals surface area (Å²) in [5.41, 5.74) is 0.300.